The van der Waals surface area contributed by atoms with Crippen LogP contribution in [0.5, 0.6) is 0 Å². The summed E-state index contributed by atoms with van der Waals surface area (Å²) in [6.45, 7) is 4.55. The number of benzene rings is 2. The maximum absolute atomic E-state index is 11.5. The Labute approximate surface area is 203 Å². The van der Waals surface area contributed by atoms with Crippen LogP contribution >= 0.6 is 0 Å². The molecule has 0 saturated heterocycles. The normalized spacial score (nSPS) is 9.52. The molecular weight excluding hydrogens is 475 g/mol. The Hall–Kier alpha value is -3.17. The molecule has 0 aromatic heterocycles. The van der Waals surface area contributed by atoms with Crippen LogP contribution < -0.4 is 10.2 Å². The van der Waals surface area contributed by atoms with Crippen molar-refractivity contribution in [3.8, 4) is 0 Å². The van der Waals surface area contributed by atoms with Gasteiger partial charge in [-0.2, -0.15) is 0 Å². The predicted molar refractivity (Wildman–Crippen MR) is 112 cm³/mol. The molecule has 0 heterocycles. The standard InChI is InChI=1S/2C12H14O4.Co/c2*1-2-3-8-16-12(15)10-7-5-4-6-9(10)11(13)14;/h2*4-7H,2-3,8H2,1H3,(H,13,14);/q;;+2/p-2. The van der Waals surface area contributed by atoms with Crippen molar-refractivity contribution in [2.45, 2.75) is 39.5 Å². The zero-order valence-corrected chi connectivity index (χ0v) is 19.5. The van der Waals surface area contributed by atoms with Gasteiger partial charge in [-0.05, 0) is 25.0 Å². The molecule has 2 rings (SSSR count). The van der Waals surface area contributed by atoms with E-state index in [1.807, 2.05) is 13.8 Å². The second-order valence-electron chi connectivity index (χ2n) is 6.65. The van der Waals surface area contributed by atoms with Gasteiger partial charge in [0, 0.05) is 11.1 Å². The van der Waals surface area contributed by atoms with Crippen molar-refractivity contribution in [2.24, 2.45) is 0 Å². The molecule has 9 heteroatoms. The summed E-state index contributed by atoms with van der Waals surface area (Å²) in [5, 5.41) is 21.5. The molecule has 33 heavy (non-hydrogen) atoms. The number of hydrogen-bond acceptors (Lipinski definition) is 8. The molecule has 0 fully saturated rings. The average Bonchev–Trinajstić information content (AvgIpc) is 2.79. The molecule has 1 radical (unpaired) electrons. The Kier molecular flexibility index (Phi) is 14.9. The first-order chi connectivity index (χ1) is 15.3. The van der Waals surface area contributed by atoms with Gasteiger partial charge in [-0.25, -0.2) is 9.59 Å². The largest absolute Gasteiger partial charge is 2.00 e. The summed E-state index contributed by atoms with van der Waals surface area (Å²) in [5.74, 6) is -3.98. The molecule has 0 aliphatic rings. The van der Waals surface area contributed by atoms with Gasteiger partial charge >= 0.3 is 28.7 Å². The van der Waals surface area contributed by atoms with Crippen molar-refractivity contribution in [3.63, 3.8) is 0 Å². The predicted octanol–water partition coefficient (Wildman–Crippen LogP) is 2.01. The van der Waals surface area contributed by atoms with E-state index in [4.69, 9.17) is 9.47 Å². The number of rotatable bonds is 10. The number of unbranched alkanes of at least 4 members (excludes halogenated alkanes) is 2. The van der Waals surface area contributed by atoms with Crippen molar-refractivity contribution >= 4 is 23.9 Å². The zero-order valence-electron chi connectivity index (χ0n) is 18.5. The van der Waals surface area contributed by atoms with Gasteiger partial charge in [-0.15, -0.1) is 0 Å². The van der Waals surface area contributed by atoms with Gasteiger partial charge in [0.15, 0.2) is 0 Å². The third kappa shape index (κ3) is 10.3. The van der Waals surface area contributed by atoms with E-state index in [0.29, 0.717) is 13.2 Å². The summed E-state index contributed by atoms with van der Waals surface area (Å²) in [6.07, 6.45) is 3.35. The van der Waals surface area contributed by atoms with E-state index in [0.717, 1.165) is 25.7 Å². The second kappa shape index (κ2) is 16.5. The number of carbonyl (C=O) groups excluding carboxylic acids is 4. The monoisotopic (exact) mass is 501 g/mol. The molecule has 8 nitrogen and oxygen atoms in total. The molecule has 0 aliphatic carbocycles. The number of esters is 2. The molecule has 0 N–H and O–H groups in total. The maximum Gasteiger partial charge on any atom is 2.00 e. The van der Waals surface area contributed by atoms with E-state index >= 15 is 0 Å². The van der Waals surface area contributed by atoms with E-state index in [9.17, 15) is 29.4 Å². The van der Waals surface area contributed by atoms with Crippen molar-refractivity contribution in [1.29, 1.82) is 0 Å². The van der Waals surface area contributed by atoms with Crippen LogP contribution in [0.4, 0.5) is 0 Å². The summed E-state index contributed by atoms with van der Waals surface area (Å²) in [6, 6.07) is 11.7. The molecule has 2 aromatic rings. The van der Waals surface area contributed by atoms with Gasteiger partial charge in [0.25, 0.3) is 0 Å². The Morgan fingerprint density at radius 3 is 1.21 bits per heavy atom. The summed E-state index contributed by atoms with van der Waals surface area (Å²) in [4.78, 5) is 44.5. The number of hydrogen-bond donors (Lipinski definition) is 0. The number of aromatic carboxylic acids is 2. The molecule has 2 aromatic carbocycles. The quantitative estimate of drug-likeness (QED) is 0.357. The van der Waals surface area contributed by atoms with Crippen LogP contribution in [0.2, 0.25) is 0 Å². The number of carbonyl (C=O) groups is 4. The third-order valence-electron chi connectivity index (χ3n) is 4.20. The smallest absolute Gasteiger partial charge is 0.545 e. The number of carboxylic acid groups (broad SMARTS) is 2. The molecule has 0 amide bonds. The molecular formula is C24H26CoO8. The van der Waals surface area contributed by atoms with Crippen LogP contribution in [0.15, 0.2) is 48.5 Å². The topological polar surface area (TPSA) is 133 Å². The number of ether oxygens (including phenoxy) is 2. The molecule has 0 bridgehead atoms. The van der Waals surface area contributed by atoms with E-state index < -0.39 is 23.9 Å². The van der Waals surface area contributed by atoms with Gasteiger partial charge in [0.1, 0.15) is 0 Å². The van der Waals surface area contributed by atoms with Crippen molar-refractivity contribution < 1.29 is 55.6 Å². The van der Waals surface area contributed by atoms with Gasteiger partial charge in [-0.3, -0.25) is 0 Å². The van der Waals surface area contributed by atoms with Gasteiger partial charge < -0.3 is 29.3 Å². The summed E-state index contributed by atoms with van der Waals surface area (Å²) in [5.41, 5.74) is -0.190. The SMILES string of the molecule is CCCCOC(=O)c1ccccc1C(=O)[O-].CCCCOC(=O)c1ccccc1C(=O)[O-].[Co+2]. The van der Waals surface area contributed by atoms with E-state index in [1.165, 1.54) is 36.4 Å². The minimum absolute atomic E-state index is 0. The van der Waals surface area contributed by atoms with Gasteiger partial charge in [-0.1, -0.05) is 63.1 Å². The molecule has 179 valence electrons. The van der Waals surface area contributed by atoms with Crippen LogP contribution in [0.3, 0.4) is 0 Å². The molecule has 0 atom stereocenters. The molecule has 0 saturated carbocycles. The van der Waals surface area contributed by atoms with Gasteiger partial charge in [0.05, 0.1) is 36.3 Å². The van der Waals surface area contributed by atoms with Crippen molar-refractivity contribution in [1.82, 2.24) is 0 Å². The van der Waals surface area contributed by atoms with Crippen LogP contribution in [0, 0.1) is 0 Å². The summed E-state index contributed by atoms with van der Waals surface area (Å²) >= 11 is 0. The van der Waals surface area contributed by atoms with Crippen molar-refractivity contribution in [2.75, 3.05) is 13.2 Å². The molecule has 0 unspecified atom stereocenters. The van der Waals surface area contributed by atoms with E-state index in [2.05, 4.69) is 0 Å². The average molecular weight is 501 g/mol. The molecule has 0 spiro atoms. The third-order valence-corrected chi connectivity index (χ3v) is 4.20. The minimum Gasteiger partial charge on any atom is -0.545 e. The summed E-state index contributed by atoms with van der Waals surface area (Å²) in [7, 11) is 0. The first-order valence-electron chi connectivity index (χ1n) is 10.3. The van der Waals surface area contributed by atoms with Crippen LogP contribution in [-0.4, -0.2) is 37.1 Å². The Bertz CT molecular complexity index is 851. The van der Waals surface area contributed by atoms with Gasteiger partial charge in [0.2, 0.25) is 0 Å². The first-order valence-corrected chi connectivity index (χ1v) is 10.3. The summed E-state index contributed by atoms with van der Waals surface area (Å²) < 4.78 is 9.86. The Morgan fingerprint density at radius 2 is 0.939 bits per heavy atom. The maximum atomic E-state index is 11.5. The van der Waals surface area contributed by atoms with Crippen LogP contribution in [-0.2, 0) is 26.3 Å². The Morgan fingerprint density at radius 1 is 0.636 bits per heavy atom. The second-order valence-corrected chi connectivity index (χ2v) is 6.65. The zero-order chi connectivity index (χ0) is 23.9. The molecule has 0 aliphatic heterocycles. The van der Waals surface area contributed by atoms with Crippen molar-refractivity contribution in [3.05, 3.63) is 70.8 Å². The number of carboxylic acids is 2. The fourth-order valence-corrected chi connectivity index (χ4v) is 2.45. The van der Waals surface area contributed by atoms with Crippen LogP contribution in [0.25, 0.3) is 0 Å². The fourth-order valence-electron chi connectivity index (χ4n) is 2.45. The van der Waals surface area contributed by atoms with E-state index in [1.54, 1.807) is 12.1 Å². The van der Waals surface area contributed by atoms with Crippen LogP contribution in [0.1, 0.15) is 81.0 Å². The van der Waals surface area contributed by atoms with E-state index in [-0.39, 0.29) is 39.0 Å². The Balaban J connectivity index is 0.000000602. The minimum atomic E-state index is -1.37. The first kappa shape index (κ1) is 29.8. The fraction of sp³-hybridized carbons (Fsp3) is 0.333.